The van der Waals surface area contributed by atoms with Crippen LogP contribution in [0.5, 0.6) is 11.5 Å². The number of anilines is 1. The van der Waals surface area contributed by atoms with Crippen molar-refractivity contribution in [1.29, 1.82) is 5.26 Å². The molecule has 0 aliphatic carbocycles. The number of carbonyl (C=O) groups is 1. The fourth-order valence-electron chi connectivity index (χ4n) is 4.33. The standard InChI is InChI=1S/C26H29N3O3S/c1-4-5-6-18-7-10-20(11-8-18)28-16-29-25(30)14-21(22(15-27)26(29)33-17-28)19-9-12-23(31-2)24(13-19)32-3/h7-13,21H,4-6,14,16-17H2,1-3H3. The molecule has 2 heterocycles. The van der Waals surface area contributed by atoms with Gasteiger partial charge in [-0.25, -0.2) is 0 Å². The third kappa shape index (κ3) is 4.67. The Labute approximate surface area is 199 Å². The Kier molecular flexibility index (Phi) is 7.14. The molecule has 1 unspecified atom stereocenters. The first-order valence-corrected chi connectivity index (χ1v) is 12.2. The second-order valence-electron chi connectivity index (χ2n) is 8.25. The summed E-state index contributed by atoms with van der Waals surface area (Å²) in [6, 6.07) is 16.6. The minimum atomic E-state index is -0.287. The van der Waals surface area contributed by atoms with Gasteiger partial charge in [0.2, 0.25) is 5.91 Å². The summed E-state index contributed by atoms with van der Waals surface area (Å²) in [5, 5.41) is 10.8. The summed E-state index contributed by atoms with van der Waals surface area (Å²) in [6.45, 7) is 2.66. The fraction of sp³-hybridized carbons (Fsp3) is 0.385. The van der Waals surface area contributed by atoms with E-state index >= 15 is 0 Å². The Morgan fingerprint density at radius 2 is 1.88 bits per heavy atom. The van der Waals surface area contributed by atoms with Gasteiger partial charge in [-0.3, -0.25) is 9.69 Å². The number of hydrogen-bond acceptors (Lipinski definition) is 6. The molecule has 2 aromatic carbocycles. The number of amides is 1. The number of nitrogens with zero attached hydrogens (tertiary/aromatic N) is 3. The van der Waals surface area contributed by atoms with Gasteiger partial charge in [0.15, 0.2) is 11.5 Å². The number of fused-ring (bicyclic) bond motifs is 1. The fourth-order valence-corrected chi connectivity index (χ4v) is 5.50. The summed E-state index contributed by atoms with van der Waals surface area (Å²) in [7, 11) is 3.17. The third-order valence-corrected chi connectivity index (χ3v) is 7.38. The molecule has 4 rings (SSSR count). The molecule has 0 spiro atoms. The van der Waals surface area contributed by atoms with Crippen LogP contribution >= 0.6 is 11.8 Å². The zero-order valence-corrected chi connectivity index (χ0v) is 20.2. The molecule has 0 bridgehead atoms. The van der Waals surface area contributed by atoms with Crippen LogP contribution in [0.4, 0.5) is 5.69 Å². The maximum Gasteiger partial charge on any atom is 0.229 e. The van der Waals surface area contributed by atoms with E-state index in [0.29, 0.717) is 29.6 Å². The van der Waals surface area contributed by atoms with Crippen LogP contribution in [0.1, 0.15) is 43.2 Å². The first kappa shape index (κ1) is 23.1. The van der Waals surface area contributed by atoms with Gasteiger partial charge in [0.05, 0.1) is 43.4 Å². The minimum absolute atomic E-state index is 0.0283. The summed E-state index contributed by atoms with van der Waals surface area (Å²) in [5.41, 5.74) is 3.95. The molecule has 2 aliphatic rings. The van der Waals surface area contributed by atoms with E-state index in [0.717, 1.165) is 22.7 Å². The van der Waals surface area contributed by atoms with Crippen LogP contribution in [-0.2, 0) is 11.2 Å². The molecule has 33 heavy (non-hydrogen) atoms. The summed E-state index contributed by atoms with van der Waals surface area (Å²) in [4.78, 5) is 17.1. The Hall–Kier alpha value is -3.11. The Bertz CT molecular complexity index is 1090. The smallest absolute Gasteiger partial charge is 0.229 e. The highest BCUT2D eigenvalue weighted by atomic mass is 32.2. The number of carbonyl (C=O) groups excluding carboxylic acids is 1. The molecule has 1 fully saturated rings. The molecular weight excluding hydrogens is 434 g/mol. The predicted octanol–water partition coefficient (Wildman–Crippen LogP) is 5.27. The first-order chi connectivity index (χ1) is 16.1. The molecule has 0 aromatic heterocycles. The van der Waals surface area contributed by atoms with Crippen LogP contribution in [0, 0.1) is 11.3 Å². The van der Waals surface area contributed by atoms with E-state index in [1.165, 1.54) is 18.4 Å². The van der Waals surface area contributed by atoms with Crippen LogP contribution in [0.2, 0.25) is 0 Å². The highest BCUT2D eigenvalue weighted by molar-refractivity contribution is 8.03. The molecule has 0 N–H and O–H groups in total. The van der Waals surface area contributed by atoms with Crippen molar-refractivity contribution in [3.63, 3.8) is 0 Å². The van der Waals surface area contributed by atoms with E-state index in [1.54, 1.807) is 30.9 Å². The number of thioether (sulfide) groups is 1. The van der Waals surface area contributed by atoms with Gasteiger partial charge in [-0.15, -0.1) is 0 Å². The third-order valence-electron chi connectivity index (χ3n) is 6.22. The number of unbranched alkanes of at least 4 members (excludes halogenated alkanes) is 1. The lowest BCUT2D eigenvalue weighted by Crippen LogP contribution is -2.47. The summed E-state index contributed by atoms with van der Waals surface area (Å²) in [6.07, 6.45) is 3.72. The first-order valence-electron chi connectivity index (χ1n) is 11.2. The van der Waals surface area contributed by atoms with Gasteiger partial charge >= 0.3 is 0 Å². The predicted molar refractivity (Wildman–Crippen MR) is 131 cm³/mol. The van der Waals surface area contributed by atoms with Gasteiger partial charge in [-0.2, -0.15) is 5.26 Å². The monoisotopic (exact) mass is 463 g/mol. The average molecular weight is 464 g/mol. The molecule has 1 amide bonds. The van der Waals surface area contributed by atoms with Crippen LogP contribution in [0.25, 0.3) is 0 Å². The number of methoxy groups -OCH3 is 2. The van der Waals surface area contributed by atoms with Crippen molar-refractivity contribution in [2.75, 3.05) is 31.7 Å². The Balaban J connectivity index is 1.58. The maximum atomic E-state index is 13.2. The highest BCUT2D eigenvalue weighted by Crippen LogP contribution is 2.44. The number of aryl methyl sites for hydroxylation is 1. The summed E-state index contributed by atoms with van der Waals surface area (Å²) >= 11 is 1.55. The molecule has 172 valence electrons. The number of benzene rings is 2. The zero-order chi connectivity index (χ0) is 23.4. The topological polar surface area (TPSA) is 65.8 Å². The van der Waals surface area contributed by atoms with Crippen LogP contribution in [0.15, 0.2) is 53.1 Å². The van der Waals surface area contributed by atoms with Gasteiger partial charge in [0.25, 0.3) is 0 Å². The van der Waals surface area contributed by atoms with E-state index in [1.807, 2.05) is 18.2 Å². The lowest BCUT2D eigenvalue weighted by molar-refractivity contribution is -0.129. The van der Waals surface area contributed by atoms with Gasteiger partial charge in [-0.1, -0.05) is 43.3 Å². The van der Waals surface area contributed by atoms with E-state index in [2.05, 4.69) is 42.2 Å². The number of hydrogen-bond donors (Lipinski definition) is 0. The molecular formula is C26H29N3O3S. The van der Waals surface area contributed by atoms with E-state index in [9.17, 15) is 10.1 Å². The molecule has 1 saturated heterocycles. The van der Waals surface area contributed by atoms with Crippen molar-refractivity contribution in [3.05, 3.63) is 64.2 Å². The number of ether oxygens (including phenoxy) is 2. The second-order valence-corrected chi connectivity index (χ2v) is 9.18. The normalized spacial score (nSPS) is 18.1. The Morgan fingerprint density at radius 3 is 2.55 bits per heavy atom. The number of rotatable bonds is 7. The quantitative estimate of drug-likeness (QED) is 0.558. The van der Waals surface area contributed by atoms with Gasteiger partial charge in [-0.05, 0) is 48.2 Å². The molecule has 2 aliphatic heterocycles. The number of allylic oxidation sites excluding steroid dienone is 1. The van der Waals surface area contributed by atoms with Crippen molar-refractivity contribution in [3.8, 4) is 17.6 Å². The van der Waals surface area contributed by atoms with Gasteiger partial charge in [0, 0.05) is 18.0 Å². The molecule has 1 atom stereocenters. The molecule has 2 aromatic rings. The summed E-state index contributed by atoms with van der Waals surface area (Å²) < 4.78 is 10.8. The molecule has 6 nitrogen and oxygen atoms in total. The van der Waals surface area contributed by atoms with Gasteiger partial charge in [0.1, 0.15) is 0 Å². The van der Waals surface area contributed by atoms with E-state index in [4.69, 9.17) is 9.47 Å². The lowest BCUT2D eigenvalue weighted by atomic mass is 9.86. The van der Waals surface area contributed by atoms with E-state index in [-0.39, 0.29) is 18.2 Å². The maximum absolute atomic E-state index is 13.2. The van der Waals surface area contributed by atoms with Crippen molar-refractivity contribution in [2.45, 2.75) is 38.5 Å². The van der Waals surface area contributed by atoms with Crippen LogP contribution < -0.4 is 14.4 Å². The van der Waals surface area contributed by atoms with Crippen LogP contribution in [0.3, 0.4) is 0 Å². The molecule has 0 saturated carbocycles. The SMILES string of the molecule is CCCCc1ccc(N2CSC3=C(C#N)C(c4ccc(OC)c(OC)c4)CC(=O)N3C2)cc1. The molecule has 0 radical (unpaired) electrons. The van der Waals surface area contributed by atoms with Crippen molar-refractivity contribution in [2.24, 2.45) is 0 Å². The number of nitriles is 1. The molecule has 7 heteroatoms. The van der Waals surface area contributed by atoms with E-state index < -0.39 is 0 Å². The largest absolute Gasteiger partial charge is 0.493 e. The Morgan fingerprint density at radius 1 is 1.12 bits per heavy atom. The lowest BCUT2D eigenvalue weighted by Gasteiger charge is -2.42. The van der Waals surface area contributed by atoms with Gasteiger partial charge < -0.3 is 14.4 Å². The van der Waals surface area contributed by atoms with Crippen LogP contribution in [-0.4, -0.2) is 37.6 Å². The second kappa shape index (κ2) is 10.2. The summed E-state index contributed by atoms with van der Waals surface area (Å²) in [5.74, 6) is 1.65. The van der Waals surface area contributed by atoms with Crippen molar-refractivity contribution in [1.82, 2.24) is 4.90 Å². The zero-order valence-electron chi connectivity index (χ0n) is 19.3. The highest BCUT2D eigenvalue weighted by Gasteiger charge is 2.38. The average Bonchev–Trinajstić information content (AvgIpc) is 2.87. The minimum Gasteiger partial charge on any atom is -0.493 e. The van der Waals surface area contributed by atoms with Crippen molar-refractivity contribution >= 4 is 23.4 Å². The van der Waals surface area contributed by atoms with Crippen molar-refractivity contribution < 1.29 is 14.3 Å².